The summed E-state index contributed by atoms with van der Waals surface area (Å²) in [6.07, 6.45) is 1.74. The Morgan fingerprint density at radius 1 is 1.23 bits per heavy atom. The molecule has 22 heavy (non-hydrogen) atoms. The van der Waals surface area contributed by atoms with E-state index in [-0.39, 0.29) is 5.91 Å². The van der Waals surface area contributed by atoms with E-state index in [1.165, 1.54) is 0 Å². The zero-order valence-electron chi connectivity index (χ0n) is 11.9. The maximum atomic E-state index is 12.4. The summed E-state index contributed by atoms with van der Waals surface area (Å²) in [5.74, 6) is 0.0819. The van der Waals surface area contributed by atoms with Crippen LogP contribution >= 0.6 is 0 Å². The normalized spacial score (nSPS) is 11.1. The third kappa shape index (κ3) is 1.95. The molecule has 2 aromatic heterocycles. The fourth-order valence-corrected chi connectivity index (χ4v) is 2.59. The molecule has 0 aliphatic rings. The third-order valence-corrected chi connectivity index (χ3v) is 3.75. The number of carbonyl (C=O) groups excluding carboxylic acids is 1. The number of rotatable bonds is 2. The second-order valence-corrected chi connectivity index (χ2v) is 5.18. The summed E-state index contributed by atoms with van der Waals surface area (Å²) in [6.45, 7) is 1.89. The van der Waals surface area contributed by atoms with E-state index in [0.29, 0.717) is 17.0 Å². The zero-order valence-corrected chi connectivity index (χ0v) is 11.9. The minimum absolute atomic E-state index is 0.257. The van der Waals surface area contributed by atoms with Crippen molar-refractivity contribution in [3.8, 4) is 0 Å². The van der Waals surface area contributed by atoms with Crippen molar-refractivity contribution in [1.82, 2.24) is 10.2 Å². The summed E-state index contributed by atoms with van der Waals surface area (Å²) in [7, 11) is 0. The van der Waals surface area contributed by atoms with E-state index in [9.17, 15) is 4.79 Å². The number of benzene rings is 2. The standard InChI is InChI=1S/C17H13N3O2/c1-10-13-4-2-3-5-15(13)22-16(10)17(21)19-12-7-6-11-9-18-20-14(11)8-12/h2-9H,1H3,(H,18,20)(H,19,21). The van der Waals surface area contributed by atoms with Crippen LogP contribution in [0.25, 0.3) is 21.9 Å². The van der Waals surface area contributed by atoms with Crippen LogP contribution in [0, 0.1) is 6.92 Å². The number of nitrogens with zero attached hydrogens (tertiary/aromatic N) is 1. The molecule has 5 heteroatoms. The Balaban J connectivity index is 1.69. The van der Waals surface area contributed by atoms with Gasteiger partial charge in [0.2, 0.25) is 0 Å². The molecule has 0 aliphatic carbocycles. The van der Waals surface area contributed by atoms with Gasteiger partial charge in [0.05, 0.1) is 11.7 Å². The quantitative estimate of drug-likeness (QED) is 0.589. The molecule has 2 aromatic carbocycles. The van der Waals surface area contributed by atoms with E-state index in [1.54, 1.807) is 6.20 Å². The minimum Gasteiger partial charge on any atom is -0.451 e. The maximum absolute atomic E-state index is 12.4. The average molecular weight is 291 g/mol. The molecule has 0 saturated carbocycles. The first-order valence-corrected chi connectivity index (χ1v) is 6.95. The Hall–Kier alpha value is -3.08. The molecule has 5 nitrogen and oxygen atoms in total. The number of para-hydroxylation sites is 1. The number of carbonyl (C=O) groups is 1. The lowest BCUT2D eigenvalue weighted by Crippen LogP contribution is -2.12. The first-order chi connectivity index (χ1) is 10.7. The summed E-state index contributed by atoms with van der Waals surface area (Å²) >= 11 is 0. The van der Waals surface area contributed by atoms with Gasteiger partial charge in [0, 0.05) is 22.0 Å². The van der Waals surface area contributed by atoms with Crippen molar-refractivity contribution < 1.29 is 9.21 Å². The molecule has 2 N–H and O–H groups in total. The lowest BCUT2D eigenvalue weighted by Gasteiger charge is -2.03. The van der Waals surface area contributed by atoms with Gasteiger partial charge in [0.25, 0.3) is 5.91 Å². The molecule has 0 radical (unpaired) electrons. The Kier molecular flexibility index (Phi) is 2.72. The molecule has 0 fully saturated rings. The van der Waals surface area contributed by atoms with Gasteiger partial charge in [-0.05, 0) is 31.2 Å². The summed E-state index contributed by atoms with van der Waals surface area (Å²) in [5.41, 5.74) is 3.13. The maximum Gasteiger partial charge on any atom is 0.291 e. The van der Waals surface area contributed by atoms with Crippen LogP contribution in [-0.2, 0) is 0 Å². The Bertz CT molecular complexity index is 997. The SMILES string of the molecule is Cc1c(C(=O)Nc2ccc3cn[nH]c3c2)oc2ccccc12. The molecule has 0 bridgehead atoms. The van der Waals surface area contributed by atoms with Crippen molar-refractivity contribution in [3.63, 3.8) is 0 Å². The number of aromatic nitrogens is 2. The van der Waals surface area contributed by atoms with Crippen LogP contribution in [-0.4, -0.2) is 16.1 Å². The lowest BCUT2D eigenvalue weighted by atomic mass is 10.1. The monoisotopic (exact) mass is 291 g/mol. The molecule has 0 saturated heterocycles. The van der Waals surface area contributed by atoms with Gasteiger partial charge in [-0.2, -0.15) is 5.10 Å². The summed E-state index contributed by atoms with van der Waals surface area (Å²) in [4.78, 5) is 12.4. The number of H-pyrrole nitrogens is 1. The largest absolute Gasteiger partial charge is 0.451 e. The van der Waals surface area contributed by atoms with Crippen LogP contribution in [0.15, 0.2) is 53.1 Å². The highest BCUT2D eigenvalue weighted by atomic mass is 16.3. The summed E-state index contributed by atoms with van der Waals surface area (Å²) in [5, 5.41) is 11.7. The van der Waals surface area contributed by atoms with E-state index in [4.69, 9.17) is 4.42 Å². The number of furan rings is 1. The molecule has 0 spiro atoms. The molecule has 108 valence electrons. The number of nitrogens with one attached hydrogen (secondary N) is 2. The highest BCUT2D eigenvalue weighted by Gasteiger charge is 2.17. The van der Waals surface area contributed by atoms with Crippen LogP contribution in [0.4, 0.5) is 5.69 Å². The topological polar surface area (TPSA) is 70.9 Å². The second-order valence-electron chi connectivity index (χ2n) is 5.18. The van der Waals surface area contributed by atoms with Gasteiger partial charge in [-0.1, -0.05) is 18.2 Å². The van der Waals surface area contributed by atoms with E-state index in [1.807, 2.05) is 49.4 Å². The van der Waals surface area contributed by atoms with Gasteiger partial charge in [0.15, 0.2) is 5.76 Å². The first kappa shape index (κ1) is 12.6. The predicted octanol–water partition coefficient (Wildman–Crippen LogP) is 3.87. The van der Waals surface area contributed by atoms with Crippen molar-refractivity contribution in [2.24, 2.45) is 0 Å². The van der Waals surface area contributed by atoms with E-state index in [2.05, 4.69) is 15.5 Å². The predicted molar refractivity (Wildman–Crippen MR) is 85.0 cm³/mol. The number of amides is 1. The highest BCUT2D eigenvalue weighted by molar-refractivity contribution is 6.07. The number of aromatic amines is 1. The number of anilines is 1. The molecule has 4 aromatic rings. The van der Waals surface area contributed by atoms with E-state index >= 15 is 0 Å². The number of hydrogen-bond acceptors (Lipinski definition) is 3. The zero-order chi connectivity index (χ0) is 15.1. The first-order valence-electron chi connectivity index (χ1n) is 6.95. The molecule has 0 atom stereocenters. The summed E-state index contributed by atoms with van der Waals surface area (Å²) in [6, 6.07) is 13.2. The van der Waals surface area contributed by atoms with Gasteiger partial charge in [-0.15, -0.1) is 0 Å². The second kappa shape index (κ2) is 4.73. The van der Waals surface area contributed by atoms with Crippen LogP contribution in [0.2, 0.25) is 0 Å². The van der Waals surface area contributed by atoms with Gasteiger partial charge in [-0.3, -0.25) is 9.89 Å². The van der Waals surface area contributed by atoms with Crippen LogP contribution < -0.4 is 5.32 Å². The van der Waals surface area contributed by atoms with Gasteiger partial charge in [0.1, 0.15) is 5.58 Å². The van der Waals surface area contributed by atoms with Gasteiger partial charge in [-0.25, -0.2) is 0 Å². The fourth-order valence-electron chi connectivity index (χ4n) is 2.59. The number of aryl methyl sites for hydroxylation is 1. The lowest BCUT2D eigenvalue weighted by molar-refractivity contribution is 0.0998. The molecule has 4 rings (SSSR count). The minimum atomic E-state index is -0.257. The van der Waals surface area contributed by atoms with E-state index in [0.717, 1.165) is 21.9 Å². The molecule has 0 aliphatic heterocycles. The van der Waals surface area contributed by atoms with Crippen molar-refractivity contribution in [3.05, 3.63) is 60.0 Å². The van der Waals surface area contributed by atoms with Crippen molar-refractivity contribution in [2.45, 2.75) is 6.92 Å². The van der Waals surface area contributed by atoms with Gasteiger partial charge >= 0.3 is 0 Å². The van der Waals surface area contributed by atoms with Crippen LogP contribution in [0.5, 0.6) is 0 Å². The Morgan fingerprint density at radius 2 is 2.09 bits per heavy atom. The van der Waals surface area contributed by atoms with Crippen molar-refractivity contribution in [2.75, 3.05) is 5.32 Å². The molecular formula is C17H13N3O2. The summed E-state index contributed by atoms with van der Waals surface area (Å²) < 4.78 is 5.67. The molecule has 2 heterocycles. The third-order valence-electron chi connectivity index (χ3n) is 3.75. The van der Waals surface area contributed by atoms with Crippen molar-refractivity contribution >= 4 is 33.5 Å². The molecule has 0 unspecified atom stereocenters. The number of hydrogen-bond donors (Lipinski definition) is 2. The Labute approximate surface area is 125 Å². The van der Waals surface area contributed by atoms with Crippen LogP contribution in [0.3, 0.4) is 0 Å². The Morgan fingerprint density at radius 3 is 2.95 bits per heavy atom. The fraction of sp³-hybridized carbons (Fsp3) is 0.0588. The van der Waals surface area contributed by atoms with Crippen molar-refractivity contribution in [1.29, 1.82) is 0 Å². The number of fused-ring (bicyclic) bond motifs is 2. The van der Waals surface area contributed by atoms with Crippen LogP contribution in [0.1, 0.15) is 16.1 Å². The van der Waals surface area contributed by atoms with Gasteiger partial charge < -0.3 is 9.73 Å². The molecular weight excluding hydrogens is 278 g/mol. The van der Waals surface area contributed by atoms with E-state index < -0.39 is 0 Å². The highest BCUT2D eigenvalue weighted by Crippen LogP contribution is 2.26. The average Bonchev–Trinajstić information content (AvgIpc) is 3.12. The molecule has 1 amide bonds. The smallest absolute Gasteiger partial charge is 0.291 e.